The van der Waals surface area contributed by atoms with Crippen LogP contribution in [0.4, 0.5) is 15.9 Å². The van der Waals surface area contributed by atoms with Gasteiger partial charge in [0.05, 0.1) is 28.1 Å². The van der Waals surface area contributed by atoms with Gasteiger partial charge >= 0.3 is 5.69 Å². The van der Waals surface area contributed by atoms with Crippen LogP contribution in [-0.2, 0) is 4.43 Å². The number of nitrogens with one attached hydrogen (secondary N) is 1. The van der Waals surface area contributed by atoms with Gasteiger partial charge in [0.2, 0.25) is 11.8 Å². The molecule has 7 rings (SSSR count). The fraction of sp³-hybridized carbons (Fsp3) is 0.216. The highest BCUT2D eigenvalue weighted by Crippen LogP contribution is 2.46. The van der Waals surface area contributed by atoms with Gasteiger partial charge in [0.25, 0.3) is 8.32 Å². The first-order valence-electron chi connectivity index (χ1n) is 15.9. The molecule has 0 amide bonds. The van der Waals surface area contributed by atoms with E-state index in [4.69, 9.17) is 4.43 Å². The predicted molar refractivity (Wildman–Crippen MR) is 187 cm³/mol. The third-order valence-electron chi connectivity index (χ3n) is 9.16. The number of hydrogen-bond donors (Lipinski definition) is 1. The lowest BCUT2D eigenvalue weighted by atomic mass is 9.86. The van der Waals surface area contributed by atoms with Crippen LogP contribution in [0, 0.1) is 15.9 Å². The molecule has 2 aromatic heterocycles. The molecule has 0 radical (unpaired) electrons. The Labute approximate surface area is 278 Å². The van der Waals surface area contributed by atoms with E-state index in [9.17, 15) is 14.5 Å². The van der Waals surface area contributed by atoms with Crippen LogP contribution in [0.25, 0.3) is 17.0 Å². The van der Waals surface area contributed by atoms with E-state index in [0.717, 1.165) is 11.1 Å². The average molecular weight is 659 g/mol. The molecule has 0 aliphatic heterocycles. The lowest BCUT2D eigenvalue weighted by Crippen LogP contribution is -2.67. The fourth-order valence-corrected chi connectivity index (χ4v) is 11.6. The normalized spacial score (nSPS) is 16.4. The van der Waals surface area contributed by atoms with E-state index in [1.165, 1.54) is 39.6 Å². The smallest absolute Gasteiger partial charge is 0.329 e. The van der Waals surface area contributed by atoms with E-state index < -0.39 is 19.1 Å². The summed E-state index contributed by atoms with van der Waals surface area (Å²) < 4.78 is 23.2. The van der Waals surface area contributed by atoms with Crippen molar-refractivity contribution in [3.05, 3.63) is 143 Å². The third kappa shape index (κ3) is 5.54. The molecule has 4 aromatic carbocycles. The third-order valence-corrected chi connectivity index (χ3v) is 14.2. The molecule has 1 aliphatic rings. The van der Waals surface area contributed by atoms with Gasteiger partial charge in [0.1, 0.15) is 18.3 Å². The van der Waals surface area contributed by atoms with Crippen LogP contribution in [0.15, 0.2) is 116 Å². The number of rotatable bonds is 8. The molecule has 48 heavy (non-hydrogen) atoms. The summed E-state index contributed by atoms with van der Waals surface area (Å²) in [6.45, 7) is 6.80. The maximum absolute atomic E-state index is 14.1. The molecule has 0 fully saturated rings. The SMILES string of the molecule is CC(C)(C)[Si](O[C@@H]1CC[C@@H](Nc2nc(-n3cnc4ccc(F)cc43)ncc2[N+](=O)[O-])c2ccccc21)(c1ccccc1)c1ccccc1. The quantitative estimate of drug-likeness (QED) is 0.103. The zero-order valence-corrected chi connectivity index (χ0v) is 27.9. The van der Waals surface area contributed by atoms with Gasteiger partial charge in [-0.1, -0.05) is 106 Å². The van der Waals surface area contributed by atoms with Gasteiger partial charge in [-0.3, -0.25) is 14.7 Å². The molecule has 0 spiro atoms. The van der Waals surface area contributed by atoms with E-state index in [0.29, 0.717) is 23.9 Å². The molecule has 242 valence electrons. The molecule has 0 saturated heterocycles. The molecule has 1 N–H and O–H groups in total. The Bertz CT molecular complexity index is 2060. The Morgan fingerprint density at radius 3 is 2.19 bits per heavy atom. The second-order valence-corrected chi connectivity index (χ2v) is 17.3. The van der Waals surface area contributed by atoms with Crippen LogP contribution in [0.5, 0.6) is 0 Å². The minimum absolute atomic E-state index is 0.0782. The Morgan fingerprint density at radius 2 is 1.54 bits per heavy atom. The molecule has 9 nitrogen and oxygen atoms in total. The first-order chi connectivity index (χ1) is 23.2. The molecule has 6 aromatic rings. The minimum atomic E-state index is -2.86. The van der Waals surface area contributed by atoms with Crippen molar-refractivity contribution in [2.45, 2.75) is 50.8 Å². The van der Waals surface area contributed by atoms with Gasteiger partial charge < -0.3 is 9.74 Å². The zero-order chi connectivity index (χ0) is 33.5. The van der Waals surface area contributed by atoms with Crippen LogP contribution in [0.2, 0.25) is 5.04 Å². The largest absolute Gasteiger partial charge is 0.400 e. The number of anilines is 1. The molecule has 1 aliphatic carbocycles. The summed E-state index contributed by atoms with van der Waals surface area (Å²) >= 11 is 0. The average Bonchev–Trinajstić information content (AvgIpc) is 3.51. The second-order valence-electron chi connectivity index (χ2n) is 13.1. The Balaban J connectivity index is 1.27. The predicted octanol–water partition coefficient (Wildman–Crippen LogP) is 7.43. The minimum Gasteiger partial charge on any atom is -0.400 e. The zero-order valence-electron chi connectivity index (χ0n) is 26.9. The summed E-state index contributed by atoms with van der Waals surface area (Å²) in [4.78, 5) is 24.8. The van der Waals surface area contributed by atoms with Crippen LogP contribution in [-0.4, -0.2) is 32.8 Å². The molecule has 2 atom stereocenters. The first-order valence-corrected chi connectivity index (χ1v) is 17.8. The topological polar surface area (TPSA) is 108 Å². The Hall–Kier alpha value is -5.26. The van der Waals surface area contributed by atoms with Crippen molar-refractivity contribution in [3.8, 4) is 5.95 Å². The van der Waals surface area contributed by atoms with Crippen molar-refractivity contribution in [3.63, 3.8) is 0 Å². The molecule has 0 unspecified atom stereocenters. The molecule has 2 heterocycles. The maximum Gasteiger partial charge on any atom is 0.329 e. The monoisotopic (exact) mass is 658 g/mol. The molecular weight excluding hydrogens is 624 g/mol. The number of nitro groups is 1. The standard InChI is InChI=1S/C37H35FN6O3Si/c1-37(2,3)48(26-12-6-4-7-13-26,27-14-8-5-9-15-27)47-34-21-20-30(28-16-10-11-17-29(28)34)41-35-33(44(45)46)23-39-36(42-35)43-24-40-31-19-18-25(38)22-32(31)43/h4-19,22-24,30,34H,20-21H2,1-3H3,(H,39,41,42)/t30-,34-/m1/s1. The number of imidazole rings is 1. The summed E-state index contributed by atoms with van der Waals surface area (Å²) in [5.41, 5.74) is 2.80. The first kappa shape index (κ1) is 31.3. The maximum atomic E-state index is 14.1. The van der Waals surface area contributed by atoms with Crippen molar-refractivity contribution in [2.75, 3.05) is 5.32 Å². The van der Waals surface area contributed by atoms with Crippen molar-refractivity contribution in [1.29, 1.82) is 0 Å². The van der Waals surface area contributed by atoms with E-state index in [-0.39, 0.29) is 34.6 Å². The molecule has 0 bridgehead atoms. The summed E-state index contributed by atoms with van der Waals surface area (Å²) in [5.74, 6) is -0.208. The van der Waals surface area contributed by atoms with Gasteiger partial charge in [-0.2, -0.15) is 4.98 Å². The highest BCUT2D eigenvalue weighted by molar-refractivity contribution is 6.99. The van der Waals surface area contributed by atoms with Crippen LogP contribution in [0.3, 0.4) is 0 Å². The lowest BCUT2D eigenvalue weighted by Gasteiger charge is -2.46. The number of halogens is 1. The lowest BCUT2D eigenvalue weighted by molar-refractivity contribution is -0.384. The summed E-state index contributed by atoms with van der Waals surface area (Å²) in [5, 5.41) is 17.7. The number of nitrogens with zero attached hydrogens (tertiary/aromatic N) is 5. The summed E-state index contributed by atoms with van der Waals surface area (Å²) in [6.07, 6.45) is 3.80. The van der Waals surface area contributed by atoms with E-state index in [1.54, 1.807) is 6.07 Å². The van der Waals surface area contributed by atoms with Crippen molar-refractivity contribution in [1.82, 2.24) is 19.5 Å². The van der Waals surface area contributed by atoms with E-state index in [2.05, 4.69) is 95.6 Å². The van der Waals surface area contributed by atoms with Crippen molar-refractivity contribution in [2.24, 2.45) is 0 Å². The van der Waals surface area contributed by atoms with Gasteiger partial charge in [-0.15, -0.1) is 0 Å². The number of benzene rings is 4. The highest BCUT2D eigenvalue weighted by Gasteiger charge is 2.52. The molecule has 11 heteroatoms. The van der Waals surface area contributed by atoms with Gasteiger partial charge in [0, 0.05) is 6.07 Å². The number of fused-ring (bicyclic) bond motifs is 2. The summed E-state index contributed by atoms with van der Waals surface area (Å²) in [7, 11) is -2.86. The Morgan fingerprint density at radius 1 is 0.896 bits per heavy atom. The van der Waals surface area contributed by atoms with Crippen molar-refractivity contribution >= 4 is 41.2 Å². The van der Waals surface area contributed by atoms with Crippen LogP contribution >= 0.6 is 0 Å². The molecule has 0 saturated carbocycles. The van der Waals surface area contributed by atoms with Crippen LogP contribution < -0.4 is 15.7 Å². The second kappa shape index (κ2) is 12.4. The highest BCUT2D eigenvalue weighted by atomic mass is 28.4. The van der Waals surface area contributed by atoms with Gasteiger partial charge in [0.15, 0.2) is 0 Å². The van der Waals surface area contributed by atoms with E-state index in [1.807, 2.05) is 30.3 Å². The fourth-order valence-electron chi connectivity index (χ4n) is 6.95. The number of hydrogen-bond acceptors (Lipinski definition) is 7. The molecular formula is C37H35FN6O3Si. The summed E-state index contributed by atoms with van der Waals surface area (Å²) in [6, 6.07) is 33.2. The van der Waals surface area contributed by atoms with Gasteiger partial charge in [-0.25, -0.2) is 14.4 Å². The van der Waals surface area contributed by atoms with Crippen molar-refractivity contribution < 1.29 is 13.7 Å². The number of aromatic nitrogens is 4. The van der Waals surface area contributed by atoms with Crippen LogP contribution in [0.1, 0.15) is 56.9 Å². The Kier molecular flexibility index (Phi) is 8.10. The van der Waals surface area contributed by atoms with E-state index >= 15 is 0 Å². The van der Waals surface area contributed by atoms with Gasteiger partial charge in [-0.05, 0) is 51.5 Å².